The lowest BCUT2D eigenvalue weighted by Crippen LogP contribution is -2.52. The van der Waals surface area contributed by atoms with Gasteiger partial charge in [-0.05, 0) is 70.5 Å². The fourth-order valence-electron chi connectivity index (χ4n) is 4.08. The van der Waals surface area contributed by atoms with Crippen LogP contribution in [0.25, 0.3) is 0 Å². The molecule has 3 rings (SSSR count). The van der Waals surface area contributed by atoms with Gasteiger partial charge in [0.2, 0.25) is 11.8 Å². The summed E-state index contributed by atoms with van der Waals surface area (Å²) in [5.74, 6) is -1.21. The molecule has 0 bridgehead atoms. The molecule has 0 heterocycles. The second kappa shape index (κ2) is 12.8. The number of rotatable bonds is 10. The maximum Gasteiger partial charge on any atom is 0.416 e. The van der Waals surface area contributed by atoms with E-state index in [0.29, 0.717) is 15.9 Å². The summed E-state index contributed by atoms with van der Waals surface area (Å²) in [4.78, 5) is 27.8. The van der Waals surface area contributed by atoms with Crippen LogP contribution in [0.15, 0.2) is 77.7 Å². The predicted octanol–water partition coefficient (Wildman–Crippen LogP) is 5.46. The van der Waals surface area contributed by atoms with E-state index in [1.807, 2.05) is 19.1 Å². The van der Waals surface area contributed by atoms with E-state index in [9.17, 15) is 31.2 Å². The molecule has 1 atom stereocenters. The lowest BCUT2D eigenvalue weighted by atomic mass is 10.1. The van der Waals surface area contributed by atoms with Crippen LogP contribution >= 0.6 is 0 Å². The van der Waals surface area contributed by atoms with Gasteiger partial charge in [-0.1, -0.05) is 53.6 Å². The van der Waals surface area contributed by atoms with Crippen molar-refractivity contribution in [2.24, 2.45) is 0 Å². The number of hydrogen-bond donors (Lipinski definition) is 1. The Bertz CT molecular complexity index is 1470. The average molecular weight is 590 g/mol. The highest BCUT2D eigenvalue weighted by Gasteiger charge is 2.35. The molecule has 0 saturated heterocycles. The quantitative estimate of drug-likeness (QED) is 0.340. The number of carbonyl (C=O) groups is 2. The predicted molar refractivity (Wildman–Crippen MR) is 152 cm³/mol. The van der Waals surface area contributed by atoms with Gasteiger partial charge in [0.25, 0.3) is 10.0 Å². The summed E-state index contributed by atoms with van der Waals surface area (Å²) in [6.45, 7) is 7.86. The van der Waals surface area contributed by atoms with Gasteiger partial charge in [-0.25, -0.2) is 8.42 Å². The summed E-state index contributed by atoms with van der Waals surface area (Å²) in [5, 5.41) is 2.75. The molecule has 7 nitrogen and oxygen atoms in total. The minimum absolute atomic E-state index is 0.0210. The maximum atomic E-state index is 13.9. The normalized spacial score (nSPS) is 12.6. The molecule has 0 fully saturated rings. The standard InChI is InChI=1S/C30H34F3N3O4S/c1-20(2)34-29(38)23(5)35(18-24-13-9-21(3)10-14-24)28(37)19-36(26-8-6-7-25(17-26)30(31,32)33)41(39,40)27-15-11-22(4)12-16-27/h6-17,20,23H,18-19H2,1-5H3,(H,34,38). The van der Waals surface area contributed by atoms with E-state index in [4.69, 9.17) is 0 Å². The van der Waals surface area contributed by atoms with Gasteiger partial charge in [0.15, 0.2) is 0 Å². The SMILES string of the molecule is Cc1ccc(CN(C(=O)CN(c2cccc(C(F)(F)F)c2)S(=O)(=O)c2ccc(C)cc2)C(C)C(=O)NC(C)C)cc1. The lowest BCUT2D eigenvalue weighted by Gasteiger charge is -2.32. The molecule has 0 aromatic heterocycles. The van der Waals surface area contributed by atoms with E-state index in [0.717, 1.165) is 23.3 Å². The molecule has 220 valence electrons. The fourth-order valence-corrected chi connectivity index (χ4v) is 5.49. The van der Waals surface area contributed by atoms with Gasteiger partial charge in [-0.15, -0.1) is 0 Å². The fraction of sp³-hybridized carbons (Fsp3) is 0.333. The second-order valence-corrected chi connectivity index (χ2v) is 12.1. The third-order valence-electron chi connectivity index (χ3n) is 6.42. The highest BCUT2D eigenvalue weighted by atomic mass is 32.2. The Morgan fingerprint density at radius 2 is 1.44 bits per heavy atom. The van der Waals surface area contributed by atoms with Gasteiger partial charge in [0.1, 0.15) is 12.6 Å². The van der Waals surface area contributed by atoms with Crippen LogP contribution < -0.4 is 9.62 Å². The molecule has 0 aliphatic rings. The smallest absolute Gasteiger partial charge is 0.352 e. The Morgan fingerprint density at radius 1 is 0.878 bits per heavy atom. The first-order chi connectivity index (χ1) is 19.1. The summed E-state index contributed by atoms with van der Waals surface area (Å²) in [6, 6.07) is 15.6. The van der Waals surface area contributed by atoms with Crippen molar-refractivity contribution in [2.75, 3.05) is 10.8 Å². The Kier molecular flexibility index (Phi) is 9.85. The molecule has 3 aromatic rings. The summed E-state index contributed by atoms with van der Waals surface area (Å²) < 4.78 is 69.0. The molecule has 2 amide bonds. The summed E-state index contributed by atoms with van der Waals surface area (Å²) in [5.41, 5.74) is 1.06. The zero-order valence-electron chi connectivity index (χ0n) is 23.6. The number of nitrogens with zero attached hydrogens (tertiary/aromatic N) is 2. The van der Waals surface area contributed by atoms with Crippen molar-refractivity contribution in [3.8, 4) is 0 Å². The van der Waals surface area contributed by atoms with Crippen molar-refractivity contribution in [2.45, 2.75) is 64.3 Å². The number of nitrogens with one attached hydrogen (secondary N) is 1. The Balaban J connectivity index is 2.09. The lowest BCUT2D eigenvalue weighted by molar-refractivity contribution is -0.139. The molecule has 41 heavy (non-hydrogen) atoms. The van der Waals surface area contributed by atoms with Crippen LogP contribution in [0.1, 0.15) is 43.0 Å². The zero-order valence-corrected chi connectivity index (χ0v) is 24.4. The number of amides is 2. The number of sulfonamides is 1. The molecule has 1 N–H and O–H groups in total. The molecule has 0 saturated carbocycles. The van der Waals surface area contributed by atoms with Crippen LogP contribution in [-0.4, -0.2) is 43.8 Å². The van der Waals surface area contributed by atoms with E-state index in [-0.39, 0.29) is 23.2 Å². The number of alkyl halides is 3. The van der Waals surface area contributed by atoms with E-state index < -0.39 is 46.2 Å². The zero-order chi connectivity index (χ0) is 30.5. The van der Waals surface area contributed by atoms with Gasteiger partial charge < -0.3 is 10.2 Å². The van der Waals surface area contributed by atoms with Crippen LogP contribution in [0, 0.1) is 13.8 Å². The van der Waals surface area contributed by atoms with Crippen molar-refractivity contribution in [3.63, 3.8) is 0 Å². The Labute approximate surface area is 239 Å². The number of benzene rings is 3. The monoisotopic (exact) mass is 589 g/mol. The molecule has 0 aliphatic carbocycles. The summed E-state index contributed by atoms with van der Waals surface area (Å²) in [6.07, 6.45) is -4.74. The van der Waals surface area contributed by atoms with Gasteiger partial charge in [-0.2, -0.15) is 13.2 Å². The first kappa shape index (κ1) is 31.7. The average Bonchev–Trinajstić information content (AvgIpc) is 2.90. The first-order valence-electron chi connectivity index (χ1n) is 13.0. The van der Waals surface area contributed by atoms with E-state index in [1.165, 1.54) is 30.0 Å². The van der Waals surface area contributed by atoms with Crippen LogP contribution in [0.3, 0.4) is 0 Å². The highest BCUT2D eigenvalue weighted by Crippen LogP contribution is 2.33. The third-order valence-corrected chi connectivity index (χ3v) is 8.21. The molecule has 1 unspecified atom stereocenters. The van der Waals surface area contributed by atoms with Gasteiger partial charge in [-0.3, -0.25) is 13.9 Å². The largest absolute Gasteiger partial charge is 0.416 e. The number of carbonyl (C=O) groups excluding carboxylic acids is 2. The molecular weight excluding hydrogens is 555 g/mol. The number of anilines is 1. The first-order valence-corrected chi connectivity index (χ1v) is 14.5. The van der Waals surface area contributed by atoms with Crippen LogP contribution in [0.5, 0.6) is 0 Å². The highest BCUT2D eigenvalue weighted by molar-refractivity contribution is 7.92. The summed E-state index contributed by atoms with van der Waals surface area (Å²) in [7, 11) is -4.49. The molecule has 0 spiro atoms. The minimum Gasteiger partial charge on any atom is -0.352 e. The van der Waals surface area contributed by atoms with Crippen LogP contribution in [0.2, 0.25) is 0 Å². The number of aryl methyl sites for hydroxylation is 2. The number of halogens is 3. The van der Waals surface area contributed by atoms with Crippen molar-refractivity contribution >= 4 is 27.5 Å². The Hall–Kier alpha value is -3.86. The van der Waals surface area contributed by atoms with E-state index >= 15 is 0 Å². The molecule has 11 heteroatoms. The molecule has 3 aromatic carbocycles. The van der Waals surface area contributed by atoms with Crippen molar-refractivity contribution in [3.05, 3.63) is 95.1 Å². The Morgan fingerprint density at radius 3 is 1.98 bits per heavy atom. The minimum atomic E-state index is -4.74. The maximum absolute atomic E-state index is 13.9. The van der Waals surface area contributed by atoms with Crippen molar-refractivity contribution in [1.29, 1.82) is 0 Å². The summed E-state index contributed by atoms with van der Waals surface area (Å²) >= 11 is 0. The van der Waals surface area contributed by atoms with Gasteiger partial charge >= 0.3 is 6.18 Å². The molecule has 0 aliphatic heterocycles. The van der Waals surface area contributed by atoms with Crippen LogP contribution in [-0.2, 0) is 32.3 Å². The number of hydrogen-bond acceptors (Lipinski definition) is 4. The van der Waals surface area contributed by atoms with E-state index in [1.54, 1.807) is 45.0 Å². The molecule has 0 radical (unpaired) electrons. The van der Waals surface area contributed by atoms with E-state index in [2.05, 4.69) is 5.32 Å². The topological polar surface area (TPSA) is 86.8 Å². The van der Waals surface area contributed by atoms with Crippen LogP contribution in [0.4, 0.5) is 18.9 Å². The third kappa shape index (κ3) is 8.09. The van der Waals surface area contributed by atoms with Crippen molar-refractivity contribution in [1.82, 2.24) is 10.2 Å². The van der Waals surface area contributed by atoms with Crippen molar-refractivity contribution < 1.29 is 31.2 Å². The second-order valence-electron chi connectivity index (χ2n) is 10.2. The van der Waals surface area contributed by atoms with Gasteiger partial charge in [0.05, 0.1) is 16.1 Å². The van der Waals surface area contributed by atoms with Gasteiger partial charge in [0, 0.05) is 12.6 Å². The molecular formula is C30H34F3N3O4S.